The summed E-state index contributed by atoms with van der Waals surface area (Å²) in [6, 6.07) is 14.2. The van der Waals surface area contributed by atoms with Crippen molar-refractivity contribution in [2.45, 2.75) is 6.92 Å². The van der Waals surface area contributed by atoms with Crippen LogP contribution in [0.1, 0.15) is 16.1 Å². The highest BCUT2D eigenvalue weighted by atomic mass is 35.5. The molecule has 0 unspecified atom stereocenters. The monoisotopic (exact) mass is 342 g/mol. The number of amides is 1. The van der Waals surface area contributed by atoms with Crippen LogP contribution in [0.25, 0.3) is 11.3 Å². The first-order chi connectivity index (χ1) is 11.6. The van der Waals surface area contributed by atoms with E-state index >= 15 is 0 Å². The molecule has 0 radical (unpaired) electrons. The molecule has 0 atom stereocenters. The topological polar surface area (TPSA) is 64.4 Å². The van der Waals surface area contributed by atoms with E-state index in [1.165, 1.54) is 0 Å². The number of hydrogen-bond acceptors (Lipinski definition) is 4. The molecule has 3 aromatic rings. The van der Waals surface area contributed by atoms with Crippen molar-refractivity contribution in [1.29, 1.82) is 0 Å². The zero-order chi connectivity index (χ0) is 17.1. The van der Waals surface area contributed by atoms with Crippen LogP contribution in [0.2, 0.25) is 5.02 Å². The smallest absolute Gasteiger partial charge is 0.277 e. The number of rotatable bonds is 4. The molecule has 3 rings (SSSR count). The molecule has 1 amide bonds. The van der Waals surface area contributed by atoms with Gasteiger partial charge in [-0.1, -0.05) is 22.8 Å². The maximum atomic E-state index is 12.3. The number of benzene rings is 2. The number of aromatic nitrogens is 1. The Kier molecular flexibility index (Phi) is 4.53. The average Bonchev–Trinajstić information content (AvgIpc) is 3.09. The third-order valence-corrected chi connectivity index (χ3v) is 4.04. The van der Waals surface area contributed by atoms with Gasteiger partial charge < -0.3 is 14.6 Å². The molecule has 0 aliphatic rings. The van der Waals surface area contributed by atoms with Crippen LogP contribution in [0, 0.1) is 6.92 Å². The number of methoxy groups -OCH3 is 1. The Balaban J connectivity index is 1.79. The third kappa shape index (κ3) is 3.26. The fourth-order valence-corrected chi connectivity index (χ4v) is 2.38. The fraction of sp³-hybridized carbons (Fsp3) is 0.111. The predicted octanol–water partition coefficient (Wildman–Crippen LogP) is 4.56. The van der Waals surface area contributed by atoms with E-state index < -0.39 is 0 Å². The van der Waals surface area contributed by atoms with Crippen LogP contribution in [-0.2, 0) is 0 Å². The van der Waals surface area contributed by atoms with Crippen LogP contribution < -0.4 is 10.1 Å². The Morgan fingerprint density at radius 3 is 2.67 bits per heavy atom. The number of nitrogens with one attached hydrogen (secondary N) is 1. The van der Waals surface area contributed by atoms with Crippen molar-refractivity contribution in [3.8, 4) is 17.1 Å². The van der Waals surface area contributed by atoms with Crippen molar-refractivity contribution >= 4 is 23.2 Å². The minimum Gasteiger partial charge on any atom is -0.497 e. The molecule has 24 heavy (non-hydrogen) atoms. The second-order valence-corrected chi connectivity index (χ2v) is 5.58. The lowest BCUT2D eigenvalue weighted by Gasteiger charge is -2.07. The molecule has 1 heterocycles. The summed E-state index contributed by atoms with van der Waals surface area (Å²) in [6.07, 6.45) is 0. The van der Waals surface area contributed by atoms with Crippen LogP contribution in [0.3, 0.4) is 0 Å². The molecule has 122 valence electrons. The average molecular weight is 343 g/mol. The van der Waals surface area contributed by atoms with E-state index in [0.29, 0.717) is 16.5 Å². The Morgan fingerprint density at radius 1 is 1.21 bits per heavy atom. The predicted molar refractivity (Wildman–Crippen MR) is 92.6 cm³/mol. The third-order valence-electron chi connectivity index (χ3n) is 3.63. The van der Waals surface area contributed by atoms with Gasteiger partial charge in [-0.25, -0.2) is 0 Å². The second-order valence-electron chi connectivity index (χ2n) is 5.17. The second kappa shape index (κ2) is 6.76. The molecule has 5 nitrogen and oxygen atoms in total. The summed E-state index contributed by atoms with van der Waals surface area (Å²) < 4.78 is 10.4. The van der Waals surface area contributed by atoms with Gasteiger partial charge in [0.25, 0.3) is 5.91 Å². The summed E-state index contributed by atoms with van der Waals surface area (Å²) in [5.74, 6) is 0.891. The Bertz CT molecular complexity index is 872. The molecule has 0 aliphatic heterocycles. The molecule has 0 bridgehead atoms. The number of carbonyl (C=O) groups excluding carboxylic acids is 1. The largest absolute Gasteiger partial charge is 0.497 e. The summed E-state index contributed by atoms with van der Waals surface area (Å²) >= 11 is 6.06. The first-order valence-corrected chi connectivity index (χ1v) is 7.64. The van der Waals surface area contributed by atoms with Gasteiger partial charge in [0.05, 0.1) is 7.11 Å². The number of carbonyl (C=O) groups is 1. The highest BCUT2D eigenvalue weighted by molar-refractivity contribution is 6.31. The van der Waals surface area contributed by atoms with Crippen molar-refractivity contribution < 1.29 is 14.1 Å². The van der Waals surface area contributed by atoms with E-state index in [1.54, 1.807) is 31.4 Å². The van der Waals surface area contributed by atoms with Crippen LogP contribution in [0.5, 0.6) is 5.75 Å². The Labute approximate surface area is 144 Å². The molecule has 0 spiro atoms. The fourth-order valence-electron chi connectivity index (χ4n) is 2.20. The number of ether oxygens (including phenoxy) is 1. The Hall–Kier alpha value is -2.79. The Morgan fingerprint density at radius 2 is 1.96 bits per heavy atom. The van der Waals surface area contributed by atoms with E-state index in [0.717, 1.165) is 16.9 Å². The number of nitrogens with zero attached hydrogens (tertiary/aromatic N) is 1. The summed E-state index contributed by atoms with van der Waals surface area (Å²) in [5, 5.41) is 7.21. The van der Waals surface area contributed by atoms with Crippen LogP contribution in [0.4, 0.5) is 5.69 Å². The molecule has 0 saturated carbocycles. The lowest BCUT2D eigenvalue weighted by molar-refractivity contribution is 0.101. The first kappa shape index (κ1) is 16.1. The minimum absolute atomic E-state index is 0.195. The molecule has 6 heteroatoms. The van der Waals surface area contributed by atoms with E-state index in [2.05, 4.69) is 10.5 Å². The van der Waals surface area contributed by atoms with Gasteiger partial charge in [-0.3, -0.25) is 4.79 Å². The number of halogens is 1. The van der Waals surface area contributed by atoms with Gasteiger partial charge >= 0.3 is 0 Å². The van der Waals surface area contributed by atoms with E-state index in [1.807, 2.05) is 31.2 Å². The van der Waals surface area contributed by atoms with Gasteiger partial charge in [0.15, 0.2) is 11.5 Å². The van der Waals surface area contributed by atoms with Crippen molar-refractivity contribution in [2.75, 3.05) is 12.4 Å². The van der Waals surface area contributed by atoms with Gasteiger partial charge in [0.1, 0.15) is 5.75 Å². The minimum atomic E-state index is -0.358. The van der Waals surface area contributed by atoms with E-state index in [-0.39, 0.29) is 11.6 Å². The molecule has 0 aliphatic carbocycles. The normalized spacial score (nSPS) is 10.5. The van der Waals surface area contributed by atoms with Gasteiger partial charge in [0.2, 0.25) is 0 Å². The van der Waals surface area contributed by atoms with Crippen molar-refractivity contribution in [3.63, 3.8) is 0 Å². The van der Waals surface area contributed by atoms with Crippen molar-refractivity contribution in [2.24, 2.45) is 0 Å². The molecule has 0 fully saturated rings. The van der Waals surface area contributed by atoms with Gasteiger partial charge in [-0.2, -0.15) is 0 Å². The molecule has 1 aromatic heterocycles. The molecule has 1 N–H and O–H groups in total. The zero-order valence-corrected chi connectivity index (χ0v) is 13.9. The van der Waals surface area contributed by atoms with Crippen LogP contribution in [0.15, 0.2) is 53.1 Å². The quantitative estimate of drug-likeness (QED) is 0.754. The summed E-state index contributed by atoms with van der Waals surface area (Å²) in [5.41, 5.74) is 2.44. The maximum absolute atomic E-state index is 12.3. The molecule has 2 aromatic carbocycles. The molecule has 0 saturated heterocycles. The standard InChI is InChI=1S/C18H15ClN2O3/c1-11-14(19)4-3-5-15(11)20-18(22)16-10-17(24-21-16)12-6-8-13(23-2)9-7-12/h3-10H,1-2H3,(H,20,22). The van der Waals surface area contributed by atoms with Crippen LogP contribution >= 0.6 is 11.6 Å². The van der Waals surface area contributed by atoms with Gasteiger partial charge in [-0.05, 0) is 48.9 Å². The lowest BCUT2D eigenvalue weighted by atomic mass is 10.1. The van der Waals surface area contributed by atoms with E-state index in [4.69, 9.17) is 20.9 Å². The maximum Gasteiger partial charge on any atom is 0.277 e. The summed E-state index contributed by atoms with van der Waals surface area (Å²) in [6.45, 7) is 1.84. The first-order valence-electron chi connectivity index (χ1n) is 7.26. The summed E-state index contributed by atoms with van der Waals surface area (Å²) in [7, 11) is 1.60. The van der Waals surface area contributed by atoms with Gasteiger partial charge in [-0.15, -0.1) is 0 Å². The van der Waals surface area contributed by atoms with Crippen molar-refractivity contribution in [3.05, 3.63) is 64.8 Å². The highest BCUT2D eigenvalue weighted by Gasteiger charge is 2.15. The zero-order valence-electron chi connectivity index (χ0n) is 13.2. The van der Waals surface area contributed by atoms with Crippen molar-refractivity contribution in [1.82, 2.24) is 5.16 Å². The number of hydrogen-bond donors (Lipinski definition) is 1. The summed E-state index contributed by atoms with van der Waals surface area (Å²) in [4.78, 5) is 12.3. The SMILES string of the molecule is COc1ccc(-c2cc(C(=O)Nc3cccc(Cl)c3C)no2)cc1. The molecular weight excluding hydrogens is 328 g/mol. The highest BCUT2D eigenvalue weighted by Crippen LogP contribution is 2.25. The van der Waals surface area contributed by atoms with Crippen LogP contribution in [-0.4, -0.2) is 18.2 Å². The molecular formula is C18H15ClN2O3. The van der Waals surface area contributed by atoms with E-state index in [9.17, 15) is 4.79 Å². The van der Waals surface area contributed by atoms with Gasteiger partial charge in [0, 0.05) is 22.3 Å². The lowest BCUT2D eigenvalue weighted by Crippen LogP contribution is -2.13. The number of anilines is 1.